The predicted molar refractivity (Wildman–Crippen MR) is 65.3 cm³/mol. The van der Waals surface area contributed by atoms with E-state index in [4.69, 9.17) is 16.3 Å². The van der Waals surface area contributed by atoms with Gasteiger partial charge in [-0.3, -0.25) is 4.79 Å². The zero-order chi connectivity index (χ0) is 12.1. The van der Waals surface area contributed by atoms with Crippen LogP contribution in [0.1, 0.15) is 15.4 Å². The summed E-state index contributed by atoms with van der Waals surface area (Å²) in [5, 5.41) is -0.188. The van der Waals surface area contributed by atoms with Crippen LogP contribution in [0, 0.1) is 6.92 Å². The van der Waals surface area contributed by atoms with E-state index < -0.39 is 0 Å². The number of hydrogen-bond acceptors (Lipinski definition) is 4. The molecule has 0 bridgehead atoms. The predicted octanol–water partition coefficient (Wildman–Crippen LogP) is 1.78. The number of carbonyl (C=O) groups excluding carboxylic acids is 1. The second kappa shape index (κ2) is 6.18. The number of thiazole rings is 1. The van der Waals surface area contributed by atoms with Crippen molar-refractivity contribution in [3.05, 3.63) is 16.1 Å². The van der Waals surface area contributed by atoms with E-state index in [0.717, 1.165) is 5.69 Å². The maximum absolute atomic E-state index is 12.0. The molecule has 0 spiro atoms. The molecule has 4 nitrogen and oxygen atoms in total. The van der Waals surface area contributed by atoms with Crippen molar-refractivity contribution in [2.45, 2.75) is 12.3 Å². The Balaban J connectivity index is 2.58. The summed E-state index contributed by atoms with van der Waals surface area (Å²) in [6, 6.07) is 0. The molecule has 0 radical (unpaired) electrons. The van der Waals surface area contributed by atoms with Gasteiger partial charge in [-0.15, -0.1) is 22.9 Å². The lowest BCUT2D eigenvalue weighted by atomic mass is 10.3. The quantitative estimate of drug-likeness (QED) is 0.760. The van der Waals surface area contributed by atoms with Crippen LogP contribution in [0.25, 0.3) is 0 Å². The third kappa shape index (κ3) is 3.43. The number of amides is 1. The zero-order valence-corrected chi connectivity index (χ0v) is 11.1. The minimum Gasteiger partial charge on any atom is -0.383 e. The van der Waals surface area contributed by atoms with Crippen molar-refractivity contribution >= 4 is 28.8 Å². The molecule has 0 aliphatic heterocycles. The Hall–Kier alpha value is -0.650. The van der Waals surface area contributed by atoms with Crippen molar-refractivity contribution in [3.63, 3.8) is 0 Å². The molecule has 1 unspecified atom stereocenters. The Morgan fingerprint density at radius 3 is 2.94 bits per heavy atom. The molecule has 0 saturated carbocycles. The fraction of sp³-hybridized carbons (Fsp3) is 0.600. The van der Waals surface area contributed by atoms with Crippen LogP contribution in [0.3, 0.4) is 0 Å². The van der Waals surface area contributed by atoms with Crippen LogP contribution in [0.4, 0.5) is 0 Å². The number of methoxy groups -OCH3 is 1. The molecule has 1 aromatic heterocycles. The number of hydrogen-bond donors (Lipinski definition) is 0. The van der Waals surface area contributed by atoms with Crippen LogP contribution in [0.2, 0.25) is 0 Å². The third-order valence-corrected chi connectivity index (χ3v) is 3.29. The van der Waals surface area contributed by atoms with Crippen LogP contribution in [0.15, 0.2) is 5.51 Å². The molecule has 1 atom stereocenters. The molecule has 1 rings (SSSR count). The molecule has 0 aromatic carbocycles. The number of carbonyl (C=O) groups is 1. The molecular weight excluding hydrogens is 248 g/mol. The van der Waals surface area contributed by atoms with E-state index in [1.807, 2.05) is 6.92 Å². The van der Waals surface area contributed by atoms with Crippen LogP contribution < -0.4 is 0 Å². The lowest BCUT2D eigenvalue weighted by Gasteiger charge is -2.19. The second-order valence-corrected chi connectivity index (χ2v) is 4.98. The Morgan fingerprint density at radius 2 is 2.44 bits per heavy atom. The van der Waals surface area contributed by atoms with E-state index in [-0.39, 0.29) is 11.3 Å². The fourth-order valence-corrected chi connectivity index (χ4v) is 2.42. The van der Waals surface area contributed by atoms with Crippen LogP contribution >= 0.6 is 22.9 Å². The minimum atomic E-state index is -0.188. The van der Waals surface area contributed by atoms with Gasteiger partial charge >= 0.3 is 0 Å². The Kier molecular flexibility index (Phi) is 5.18. The van der Waals surface area contributed by atoms with Crippen LogP contribution in [0.5, 0.6) is 0 Å². The van der Waals surface area contributed by atoms with Crippen molar-refractivity contribution in [1.82, 2.24) is 9.88 Å². The number of aryl methyl sites for hydroxylation is 1. The van der Waals surface area contributed by atoms with Crippen LogP contribution in [-0.4, -0.2) is 48.5 Å². The lowest BCUT2D eigenvalue weighted by molar-refractivity contribution is 0.0785. The van der Waals surface area contributed by atoms with Crippen molar-refractivity contribution < 1.29 is 9.53 Å². The van der Waals surface area contributed by atoms with Gasteiger partial charge in [0.15, 0.2) is 0 Å². The monoisotopic (exact) mass is 262 g/mol. The van der Waals surface area contributed by atoms with Gasteiger partial charge in [0.25, 0.3) is 5.91 Å². The summed E-state index contributed by atoms with van der Waals surface area (Å²) in [6.45, 7) is 2.72. The molecular formula is C10H15ClN2O2S. The second-order valence-electron chi connectivity index (χ2n) is 3.51. The number of alkyl halides is 1. The van der Waals surface area contributed by atoms with E-state index >= 15 is 0 Å². The van der Waals surface area contributed by atoms with Gasteiger partial charge in [-0.1, -0.05) is 0 Å². The number of aromatic nitrogens is 1. The molecule has 0 aliphatic rings. The topological polar surface area (TPSA) is 42.4 Å². The molecule has 1 amide bonds. The first kappa shape index (κ1) is 13.4. The fourth-order valence-electron chi connectivity index (χ4n) is 1.29. The molecule has 0 N–H and O–H groups in total. The van der Waals surface area contributed by atoms with E-state index in [0.29, 0.717) is 18.0 Å². The highest BCUT2D eigenvalue weighted by molar-refractivity contribution is 7.11. The van der Waals surface area contributed by atoms with Gasteiger partial charge < -0.3 is 9.64 Å². The van der Waals surface area contributed by atoms with Gasteiger partial charge in [-0.05, 0) is 6.92 Å². The first-order chi connectivity index (χ1) is 7.56. The van der Waals surface area contributed by atoms with Gasteiger partial charge in [0.05, 0.1) is 23.2 Å². The number of rotatable bonds is 5. The summed E-state index contributed by atoms with van der Waals surface area (Å²) in [5.74, 6) is -0.0400. The third-order valence-electron chi connectivity index (χ3n) is 2.11. The number of nitrogens with zero attached hydrogens (tertiary/aromatic N) is 2. The summed E-state index contributed by atoms with van der Waals surface area (Å²) < 4.78 is 4.92. The highest BCUT2D eigenvalue weighted by atomic mass is 35.5. The molecule has 1 aromatic rings. The smallest absolute Gasteiger partial charge is 0.265 e. The maximum Gasteiger partial charge on any atom is 0.265 e. The van der Waals surface area contributed by atoms with Crippen LogP contribution in [-0.2, 0) is 4.74 Å². The number of halogens is 1. The SMILES string of the molecule is COCC(Cl)CN(C)C(=O)c1scnc1C. The van der Waals surface area contributed by atoms with E-state index in [1.54, 1.807) is 24.6 Å². The summed E-state index contributed by atoms with van der Waals surface area (Å²) >= 11 is 7.34. The van der Waals surface area contributed by atoms with Gasteiger partial charge in [0, 0.05) is 20.7 Å². The zero-order valence-electron chi connectivity index (χ0n) is 9.57. The van der Waals surface area contributed by atoms with Crippen molar-refractivity contribution in [3.8, 4) is 0 Å². The largest absolute Gasteiger partial charge is 0.383 e. The standard InChI is InChI=1S/C10H15ClN2O2S/c1-7-9(16-6-12-7)10(14)13(2)4-8(11)5-15-3/h6,8H,4-5H2,1-3H3. The molecule has 0 fully saturated rings. The van der Waals surface area contributed by atoms with Crippen molar-refractivity contribution in [2.24, 2.45) is 0 Å². The van der Waals surface area contributed by atoms with Crippen molar-refractivity contribution in [2.75, 3.05) is 27.3 Å². The lowest BCUT2D eigenvalue weighted by Crippen LogP contribution is -2.33. The molecule has 6 heteroatoms. The molecule has 90 valence electrons. The molecule has 16 heavy (non-hydrogen) atoms. The van der Waals surface area contributed by atoms with E-state index in [9.17, 15) is 4.79 Å². The Morgan fingerprint density at radius 1 is 1.75 bits per heavy atom. The minimum absolute atomic E-state index is 0.0400. The maximum atomic E-state index is 12.0. The average Bonchev–Trinajstić information content (AvgIpc) is 2.63. The highest BCUT2D eigenvalue weighted by Crippen LogP contribution is 2.15. The molecule has 1 heterocycles. The van der Waals surface area contributed by atoms with Crippen molar-refractivity contribution in [1.29, 1.82) is 0 Å². The van der Waals surface area contributed by atoms with Gasteiger partial charge in [-0.2, -0.15) is 0 Å². The summed E-state index contributed by atoms with van der Waals surface area (Å²) in [6.07, 6.45) is 0. The van der Waals surface area contributed by atoms with Gasteiger partial charge in [0.2, 0.25) is 0 Å². The van der Waals surface area contributed by atoms with Gasteiger partial charge in [0.1, 0.15) is 4.88 Å². The summed E-state index contributed by atoms with van der Waals surface area (Å²) in [5.41, 5.74) is 2.43. The Bertz CT molecular complexity index is 356. The van der Waals surface area contributed by atoms with E-state index in [2.05, 4.69) is 4.98 Å². The first-order valence-corrected chi connectivity index (χ1v) is 6.16. The molecule has 0 aliphatic carbocycles. The van der Waals surface area contributed by atoms with E-state index in [1.165, 1.54) is 11.3 Å². The summed E-state index contributed by atoms with van der Waals surface area (Å²) in [4.78, 5) is 18.3. The molecule has 0 saturated heterocycles. The average molecular weight is 263 g/mol. The first-order valence-electron chi connectivity index (χ1n) is 4.84. The Labute approximate surface area is 104 Å². The normalized spacial score (nSPS) is 12.5. The highest BCUT2D eigenvalue weighted by Gasteiger charge is 2.18. The number of ether oxygens (including phenoxy) is 1. The van der Waals surface area contributed by atoms with Gasteiger partial charge in [-0.25, -0.2) is 4.98 Å². The summed E-state index contributed by atoms with van der Waals surface area (Å²) in [7, 11) is 3.32.